The van der Waals surface area contributed by atoms with Gasteiger partial charge in [0.1, 0.15) is 5.69 Å². The number of fused-ring (bicyclic) bond motifs is 5. The highest BCUT2D eigenvalue weighted by atomic mass is 19.3. The zero-order chi connectivity index (χ0) is 19.5. The summed E-state index contributed by atoms with van der Waals surface area (Å²) >= 11 is 0. The number of hydrogen-bond donors (Lipinski definition) is 2. The van der Waals surface area contributed by atoms with Gasteiger partial charge in [0.05, 0.1) is 11.2 Å². The van der Waals surface area contributed by atoms with Gasteiger partial charge >= 0.3 is 0 Å². The molecular formula is C20H23F2N3O2. The molecule has 1 aromatic heterocycles. The minimum atomic E-state index is -2.83. The lowest BCUT2D eigenvalue weighted by Gasteiger charge is -2.31. The molecule has 1 heterocycles. The maximum atomic E-state index is 13.2. The van der Waals surface area contributed by atoms with E-state index in [2.05, 4.69) is 24.3 Å². The molecule has 4 rings (SSSR count). The molecule has 2 N–H and O–H groups in total. The lowest BCUT2D eigenvalue weighted by atomic mass is 9.81. The number of amides is 1. The number of hydrogen-bond acceptors (Lipinski definition) is 3. The monoisotopic (exact) mass is 375 g/mol. The summed E-state index contributed by atoms with van der Waals surface area (Å²) in [7, 11) is 1.50. The highest BCUT2D eigenvalue weighted by Crippen LogP contribution is 2.63. The van der Waals surface area contributed by atoms with E-state index in [-0.39, 0.29) is 17.4 Å². The van der Waals surface area contributed by atoms with Gasteiger partial charge in [0.25, 0.3) is 12.3 Å². The Labute approximate surface area is 156 Å². The Morgan fingerprint density at radius 3 is 2.81 bits per heavy atom. The number of nitrogens with zero attached hydrogens (tertiary/aromatic N) is 2. The van der Waals surface area contributed by atoms with Crippen molar-refractivity contribution in [3.05, 3.63) is 46.8 Å². The van der Waals surface area contributed by atoms with Crippen LogP contribution in [0, 0.1) is 11.8 Å². The zero-order valence-corrected chi connectivity index (χ0v) is 15.5. The molecule has 0 radical (unpaired) electrons. The summed E-state index contributed by atoms with van der Waals surface area (Å²) in [6.07, 6.45) is 0.0221. The molecule has 5 nitrogen and oxygen atoms in total. The Kier molecular flexibility index (Phi) is 4.10. The van der Waals surface area contributed by atoms with Gasteiger partial charge in [-0.25, -0.2) is 8.78 Å². The summed E-state index contributed by atoms with van der Waals surface area (Å²) in [5.74, 6) is 0.0129. The summed E-state index contributed by atoms with van der Waals surface area (Å²) in [5.41, 5.74) is 0.621. The Hall–Kier alpha value is -2.28. The van der Waals surface area contributed by atoms with Crippen molar-refractivity contribution in [1.29, 1.82) is 0 Å². The van der Waals surface area contributed by atoms with Gasteiger partial charge in [-0.05, 0) is 36.3 Å². The normalized spacial score (nSPS) is 26.1. The van der Waals surface area contributed by atoms with Gasteiger partial charge in [0.15, 0.2) is 0 Å². The fraction of sp³-hybridized carbons (Fsp3) is 0.500. The molecule has 1 saturated carbocycles. The summed E-state index contributed by atoms with van der Waals surface area (Å²) in [6, 6.07) is 5.56. The molecule has 144 valence electrons. The highest BCUT2D eigenvalue weighted by Gasteiger charge is 2.58. The Bertz CT molecular complexity index is 909. The van der Waals surface area contributed by atoms with Crippen LogP contribution in [0.5, 0.6) is 0 Å². The topological polar surface area (TPSA) is 67.2 Å². The van der Waals surface area contributed by atoms with E-state index in [1.165, 1.54) is 17.9 Å². The van der Waals surface area contributed by atoms with E-state index >= 15 is 0 Å². The van der Waals surface area contributed by atoms with Gasteiger partial charge in [0.2, 0.25) is 0 Å². The second-order valence-electron chi connectivity index (χ2n) is 7.97. The molecule has 2 aliphatic carbocycles. The maximum Gasteiger partial charge on any atom is 0.282 e. The average molecular weight is 375 g/mol. The Balaban J connectivity index is 1.72. The summed E-state index contributed by atoms with van der Waals surface area (Å²) in [5, 5.41) is 17.9. The molecule has 2 aromatic rings. The highest BCUT2D eigenvalue weighted by molar-refractivity contribution is 6.05. The van der Waals surface area contributed by atoms with Gasteiger partial charge in [-0.1, -0.05) is 26.0 Å². The minimum Gasteiger partial charge on any atom is -0.385 e. The van der Waals surface area contributed by atoms with Crippen molar-refractivity contribution < 1.29 is 18.7 Å². The van der Waals surface area contributed by atoms with Crippen LogP contribution < -0.4 is 5.32 Å². The van der Waals surface area contributed by atoms with E-state index in [4.69, 9.17) is 0 Å². The standard InChI is InChI=1S/C20H23F2N3O2/c1-10(2)15-12-7-8-20(15,27)16-11(12)5-4-6-14(16)23-19(26)13-9-25(3)24-17(13)18(21)22/h4-6,9-10,12,15,18,27H,7-8H2,1-3H3,(H,23,26)/t12-,15+,20+/m0/s1. The SMILES string of the molecule is CC(C)[C@@H]1[C@H]2CC[C@]1(O)c1c(NC(=O)c3cn(C)nc3C(F)F)cccc12. The van der Waals surface area contributed by atoms with E-state index in [0.717, 1.165) is 17.5 Å². The first kappa shape index (κ1) is 18.1. The van der Waals surface area contributed by atoms with Crippen LogP contribution in [0.2, 0.25) is 0 Å². The number of rotatable bonds is 4. The second-order valence-corrected chi connectivity index (χ2v) is 7.97. The van der Waals surface area contributed by atoms with Crippen molar-refractivity contribution in [1.82, 2.24) is 9.78 Å². The first-order valence-electron chi connectivity index (χ1n) is 9.23. The Morgan fingerprint density at radius 2 is 2.15 bits per heavy atom. The van der Waals surface area contributed by atoms with Crippen molar-refractivity contribution in [2.24, 2.45) is 18.9 Å². The molecule has 2 bridgehead atoms. The molecule has 1 aromatic carbocycles. The van der Waals surface area contributed by atoms with Gasteiger partial charge in [0, 0.05) is 30.4 Å². The van der Waals surface area contributed by atoms with Gasteiger partial charge in [-0.15, -0.1) is 0 Å². The number of alkyl halides is 2. The number of benzene rings is 1. The van der Waals surface area contributed by atoms with E-state index in [0.29, 0.717) is 18.0 Å². The summed E-state index contributed by atoms with van der Waals surface area (Å²) < 4.78 is 27.6. The van der Waals surface area contributed by atoms with E-state index in [1.54, 1.807) is 6.07 Å². The molecule has 0 saturated heterocycles. The third-order valence-corrected chi connectivity index (χ3v) is 6.03. The zero-order valence-electron chi connectivity index (χ0n) is 15.5. The fourth-order valence-electron chi connectivity index (χ4n) is 5.21. The third kappa shape index (κ3) is 2.59. The molecule has 0 unspecified atom stereocenters. The van der Waals surface area contributed by atoms with Crippen LogP contribution in [0.25, 0.3) is 0 Å². The molecule has 1 amide bonds. The van der Waals surface area contributed by atoms with Crippen molar-refractivity contribution in [2.75, 3.05) is 5.32 Å². The van der Waals surface area contributed by atoms with Crippen LogP contribution in [0.1, 0.15) is 66.2 Å². The number of anilines is 1. The van der Waals surface area contributed by atoms with Gasteiger partial charge in [-0.2, -0.15) is 5.10 Å². The van der Waals surface area contributed by atoms with E-state index in [1.807, 2.05) is 12.1 Å². The molecule has 3 atom stereocenters. The van der Waals surface area contributed by atoms with Crippen LogP contribution in [-0.4, -0.2) is 20.8 Å². The molecular weight excluding hydrogens is 352 g/mol. The predicted molar refractivity (Wildman–Crippen MR) is 96.8 cm³/mol. The molecule has 27 heavy (non-hydrogen) atoms. The number of aryl methyl sites for hydroxylation is 1. The lowest BCUT2D eigenvalue weighted by molar-refractivity contribution is -0.0123. The van der Waals surface area contributed by atoms with Crippen molar-refractivity contribution in [3.63, 3.8) is 0 Å². The van der Waals surface area contributed by atoms with E-state index in [9.17, 15) is 18.7 Å². The predicted octanol–water partition coefficient (Wildman–Crippen LogP) is 3.96. The van der Waals surface area contributed by atoms with E-state index < -0.39 is 23.6 Å². The van der Waals surface area contributed by atoms with Crippen LogP contribution >= 0.6 is 0 Å². The fourth-order valence-corrected chi connectivity index (χ4v) is 5.21. The third-order valence-electron chi connectivity index (χ3n) is 6.03. The molecule has 7 heteroatoms. The first-order valence-corrected chi connectivity index (χ1v) is 9.23. The van der Waals surface area contributed by atoms with Crippen LogP contribution in [0.4, 0.5) is 14.5 Å². The average Bonchev–Trinajstić information content (AvgIpc) is 3.22. The molecule has 1 fully saturated rings. The van der Waals surface area contributed by atoms with Crippen LogP contribution in [0.15, 0.2) is 24.4 Å². The molecule has 0 spiro atoms. The van der Waals surface area contributed by atoms with Crippen molar-refractivity contribution in [2.45, 2.75) is 44.6 Å². The number of carbonyl (C=O) groups is 1. The smallest absolute Gasteiger partial charge is 0.282 e. The summed E-state index contributed by atoms with van der Waals surface area (Å²) in [6.45, 7) is 4.20. The Morgan fingerprint density at radius 1 is 1.41 bits per heavy atom. The maximum absolute atomic E-state index is 13.2. The molecule has 2 aliphatic rings. The quantitative estimate of drug-likeness (QED) is 0.850. The van der Waals surface area contributed by atoms with Gasteiger partial charge in [-0.3, -0.25) is 9.48 Å². The number of carbonyl (C=O) groups excluding carboxylic acids is 1. The van der Waals surface area contributed by atoms with Crippen molar-refractivity contribution in [3.8, 4) is 0 Å². The largest absolute Gasteiger partial charge is 0.385 e. The minimum absolute atomic E-state index is 0.0977. The first-order chi connectivity index (χ1) is 12.7. The number of aliphatic hydroxyl groups is 1. The van der Waals surface area contributed by atoms with Crippen molar-refractivity contribution >= 4 is 11.6 Å². The lowest BCUT2D eigenvalue weighted by Crippen LogP contribution is -2.32. The number of aromatic nitrogens is 2. The molecule has 0 aliphatic heterocycles. The van der Waals surface area contributed by atoms with Gasteiger partial charge < -0.3 is 10.4 Å². The second kappa shape index (κ2) is 6.12. The van der Waals surface area contributed by atoms with Crippen LogP contribution in [-0.2, 0) is 12.6 Å². The number of halogens is 2. The number of nitrogens with one attached hydrogen (secondary N) is 1. The van der Waals surface area contributed by atoms with Crippen LogP contribution in [0.3, 0.4) is 0 Å². The summed E-state index contributed by atoms with van der Waals surface area (Å²) in [4.78, 5) is 12.7.